The molecule has 0 aliphatic carbocycles. The molecule has 2 heterocycles. The van der Waals surface area contributed by atoms with E-state index in [4.69, 9.17) is 5.26 Å². The van der Waals surface area contributed by atoms with E-state index < -0.39 is 0 Å². The standard InChI is InChI=1S/C13H14N4S/c1-3-11-8-15-13(18-11)9(2)16-12-6-4-5-10(7-14)17-12/h4-6,8-9H,3H2,1-2H3,(H,16,17). The Hall–Kier alpha value is -1.93. The first-order valence-corrected chi connectivity index (χ1v) is 6.63. The molecule has 0 saturated heterocycles. The van der Waals surface area contributed by atoms with Crippen molar-refractivity contribution in [3.05, 3.63) is 40.0 Å². The van der Waals surface area contributed by atoms with Gasteiger partial charge >= 0.3 is 0 Å². The van der Waals surface area contributed by atoms with Crippen molar-refractivity contribution in [2.45, 2.75) is 26.3 Å². The Morgan fingerprint density at radius 3 is 3.00 bits per heavy atom. The quantitative estimate of drug-likeness (QED) is 0.915. The summed E-state index contributed by atoms with van der Waals surface area (Å²) in [6, 6.07) is 7.48. The molecule has 0 radical (unpaired) electrons. The number of rotatable bonds is 4. The summed E-state index contributed by atoms with van der Waals surface area (Å²) in [6.45, 7) is 4.16. The molecule has 2 aromatic heterocycles. The summed E-state index contributed by atoms with van der Waals surface area (Å²) in [5, 5.41) is 13.1. The SMILES string of the molecule is CCc1cnc(C(C)Nc2cccc(C#N)n2)s1. The molecule has 0 aliphatic heterocycles. The molecule has 0 amide bonds. The van der Waals surface area contributed by atoms with Crippen LogP contribution < -0.4 is 5.32 Å². The zero-order valence-electron chi connectivity index (χ0n) is 10.3. The van der Waals surface area contributed by atoms with Crippen LogP contribution in [0.3, 0.4) is 0 Å². The van der Waals surface area contributed by atoms with Gasteiger partial charge in [-0.05, 0) is 25.5 Å². The molecule has 4 nitrogen and oxygen atoms in total. The van der Waals surface area contributed by atoms with E-state index in [-0.39, 0.29) is 6.04 Å². The van der Waals surface area contributed by atoms with Crippen LogP contribution in [-0.2, 0) is 6.42 Å². The highest BCUT2D eigenvalue weighted by atomic mass is 32.1. The van der Waals surface area contributed by atoms with Crippen LogP contribution in [0.4, 0.5) is 5.82 Å². The highest BCUT2D eigenvalue weighted by molar-refractivity contribution is 7.11. The van der Waals surface area contributed by atoms with Crippen molar-refractivity contribution < 1.29 is 0 Å². The third kappa shape index (κ3) is 2.84. The first-order chi connectivity index (χ1) is 8.72. The third-order valence-electron chi connectivity index (χ3n) is 2.52. The van der Waals surface area contributed by atoms with Crippen molar-refractivity contribution in [1.29, 1.82) is 5.26 Å². The molecule has 5 heteroatoms. The number of nitriles is 1. The zero-order valence-corrected chi connectivity index (χ0v) is 11.2. The summed E-state index contributed by atoms with van der Waals surface area (Å²) in [7, 11) is 0. The Balaban J connectivity index is 2.11. The van der Waals surface area contributed by atoms with E-state index in [2.05, 4.69) is 22.2 Å². The Morgan fingerprint density at radius 1 is 1.50 bits per heavy atom. The number of thiazole rings is 1. The molecule has 1 atom stereocenters. The molecular formula is C13H14N4S. The van der Waals surface area contributed by atoms with E-state index in [1.54, 1.807) is 17.4 Å². The summed E-state index contributed by atoms with van der Waals surface area (Å²) >= 11 is 1.70. The van der Waals surface area contributed by atoms with Crippen LogP contribution in [-0.4, -0.2) is 9.97 Å². The maximum atomic E-state index is 8.80. The fourth-order valence-electron chi connectivity index (χ4n) is 1.55. The van der Waals surface area contributed by atoms with E-state index in [0.29, 0.717) is 11.5 Å². The van der Waals surface area contributed by atoms with Gasteiger partial charge in [0, 0.05) is 11.1 Å². The fraction of sp³-hybridized carbons (Fsp3) is 0.308. The monoisotopic (exact) mass is 258 g/mol. The molecule has 0 bridgehead atoms. The molecular weight excluding hydrogens is 244 g/mol. The van der Waals surface area contributed by atoms with Crippen LogP contribution in [0.2, 0.25) is 0 Å². The van der Waals surface area contributed by atoms with E-state index in [9.17, 15) is 0 Å². The van der Waals surface area contributed by atoms with Crippen molar-refractivity contribution >= 4 is 17.2 Å². The summed E-state index contributed by atoms with van der Waals surface area (Å²) in [5.74, 6) is 0.704. The number of nitrogens with zero attached hydrogens (tertiary/aromatic N) is 3. The average molecular weight is 258 g/mol. The van der Waals surface area contributed by atoms with Gasteiger partial charge in [0.2, 0.25) is 0 Å². The Morgan fingerprint density at radius 2 is 2.33 bits per heavy atom. The number of aryl methyl sites for hydroxylation is 1. The Bertz CT molecular complexity index is 570. The van der Waals surface area contributed by atoms with Gasteiger partial charge in [-0.2, -0.15) is 5.26 Å². The zero-order chi connectivity index (χ0) is 13.0. The molecule has 0 aromatic carbocycles. The maximum Gasteiger partial charge on any atom is 0.142 e. The van der Waals surface area contributed by atoms with Gasteiger partial charge in [0.15, 0.2) is 0 Å². The minimum Gasteiger partial charge on any atom is -0.361 e. The number of hydrogen-bond donors (Lipinski definition) is 1. The minimum atomic E-state index is 0.0942. The molecule has 2 rings (SSSR count). The first kappa shape index (κ1) is 12.5. The molecule has 1 unspecified atom stereocenters. The lowest BCUT2D eigenvalue weighted by Gasteiger charge is -2.11. The average Bonchev–Trinajstić information content (AvgIpc) is 2.88. The number of aromatic nitrogens is 2. The lowest BCUT2D eigenvalue weighted by atomic mass is 10.3. The Kier molecular flexibility index (Phi) is 3.90. The fourth-order valence-corrected chi connectivity index (χ4v) is 2.41. The minimum absolute atomic E-state index is 0.0942. The second-order valence-corrected chi connectivity index (χ2v) is 5.05. The largest absolute Gasteiger partial charge is 0.361 e. The smallest absolute Gasteiger partial charge is 0.142 e. The van der Waals surface area contributed by atoms with Crippen LogP contribution >= 0.6 is 11.3 Å². The van der Waals surface area contributed by atoms with E-state index in [1.807, 2.05) is 31.3 Å². The number of nitrogens with one attached hydrogen (secondary N) is 1. The molecule has 0 aliphatic rings. The highest BCUT2D eigenvalue weighted by Gasteiger charge is 2.10. The normalized spacial score (nSPS) is 11.8. The molecule has 0 spiro atoms. The third-order valence-corrected chi connectivity index (χ3v) is 3.84. The molecule has 2 aromatic rings. The van der Waals surface area contributed by atoms with Crippen LogP contribution in [0, 0.1) is 11.3 Å². The van der Waals surface area contributed by atoms with E-state index >= 15 is 0 Å². The van der Waals surface area contributed by atoms with Gasteiger partial charge in [-0.15, -0.1) is 11.3 Å². The lowest BCUT2D eigenvalue weighted by molar-refractivity contribution is 0.860. The second-order valence-electron chi connectivity index (χ2n) is 3.90. The van der Waals surface area contributed by atoms with Crippen LogP contribution in [0.5, 0.6) is 0 Å². The van der Waals surface area contributed by atoms with Crippen molar-refractivity contribution in [3.8, 4) is 6.07 Å². The first-order valence-electron chi connectivity index (χ1n) is 5.81. The summed E-state index contributed by atoms with van der Waals surface area (Å²) in [6.07, 6.45) is 2.92. The number of hydrogen-bond acceptors (Lipinski definition) is 5. The topological polar surface area (TPSA) is 61.6 Å². The molecule has 18 heavy (non-hydrogen) atoms. The van der Waals surface area contributed by atoms with Gasteiger partial charge in [0.05, 0.1) is 6.04 Å². The summed E-state index contributed by atoms with van der Waals surface area (Å²) in [4.78, 5) is 9.85. The molecule has 0 fully saturated rings. The maximum absolute atomic E-state index is 8.80. The van der Waals surface area contributed by atoms with Crippen LogP contribution in [0.15, 0.2) is 24.4 Å². The van der Waals surface area contributed by atoms with Crippen molar-refractivity contribution in [1.82, 2.24) is 9.97 Å². The predicted octanol–water partition coefficient (Wildman–Crippen LogP) is 3.15. The lowest BCUT2D eigenvalue weighted by Crippen LogP contribution is -2.07. The van der Waals surface area contributed by atoms with Gasteiger partial charge < -0.3 is 5.32 Å². The van der Waals surface area contributed by atoms with Crippen molar-refractivity contribution in [2.75, 3.05) is 5.32 Å². The van der Waals surface area contributed by atoms with Gasteiger partial charge in [0.25, 0.3) is 0 Å². The van der Waals surface area contributed by atoms with Gasteiger partial charge in [-0.1, -0.05) is 13.0 Å². The van der Waals surface area contributed by atoms with E-state index in [1.165, 1.54) is 4.88 Å². The van der Waals surface area contributed by atoms with Gasteiger partial charge in [-0.25, -0.2) is 9.97 Å². The molecule has 1 N–H and O–H groups in total. The summed E-state index contributed by atoms with van der Waals surface area (Å²) < 4.78 is 0. The van der Waals surface area contributed by atoms with Crippen molar-refractivity contribution in [2.24, 2.45) is 0 Å². The molecule has 0 saturated carbocycles. The van der Waals surface area contributed by atoms with Crippen LogP contribution in [0.25, 0.3) is 0 Å². The summed E-state index contributed by atoms with van der Waals surface area (Å²) in [5.41, 5.74) is 0.417. The number of pyridine rings is 1. The second kappa shape index (κ2) is 5.61. The highest BCUT2D eigenvalue weighted by Crippen LogP contribution is 2.23. The Labute approximate surface area is 110 Å². The van der Waals surface area contributed by atoms with Gasteiger partial charge in [0.1, 0.15) is 22.6 Å². The van der Waals surface area contributed by atoms with E-state index in [0.717, 1.165) is 11.4 Å². The van der Waals surface area contributed by atoms with Gasteiger partial charge in [-0.3, -0.25) is 0 Å². The predicted molar refractivity (Wildman–Crippen MR) is 72.5 cm³/mol. The van der Waals surface area contributed by atoms with Crippen LogP contribution in [0.1, 0.15) is 35.5 Å². The van der Waals surface area contributed by atoms with Crippen molar-refractivity contribution in [3.63, 3.8) is 0 Å². The molecule has 92 valence electrons. The number of anilines is 1.